The van der Waals surface area contributed by atoms with Crippen molar-refractivity contribution in [2.45, 2.75) is 12.6 Å². The summed E-state index contributed by atoms with van der Waals surface area (Å²) in [6.07, 6.45) is -4.04. The lowest BCUT2D eigenvalue weighted by atomic mass is 10.1. The molecular formula is C12H19F3N4O. The molecule has 0 saturated carbocycles. The molecule has 0 unspecified atom stereocenters. The molecule has 1 rings (SSSR count). The predicted molar refractivity (Wildman–Crippen MR) is 70.4 cm³/mol. The molecule has 0 atom stereocenters. The Balaban J connectivity index is 3.29. The molecule has 1 amide bonds. The van der Waals surface area contributed by atoms with Crippen molar-refractivity contribution < 1.29 is 18.0 Å². The highest BCUT2D eigenvalue weighted by atomic mass is 19.4. The van der Waals surface area contributed by atoms with E-state index >= 15 is 0 Å². The van der Waals surface area contributed by atoms with Crippen LogP contribution < -0.4 is 5.73 Å². The molecule has 0 spiro atoms. The summed E-state index contributed by atoms with van der Waals surface area (Å²) in [6.45, 7) is 0.971. The average Bonchev–Trinajstić information content (AvgIpc) is 2.51. The third-order valence-corrected chi connectivity index (χ3v) is 2.90. The molecule has 0 aromatic carbocycles. The molecule has 20 heavy (non-hydrogen) atoms. The van der Waals surface area contributed by atoms with Crippen molar-refractivity contribution in [1.29, 1.82) is 0 Å². The van der Waals surface area contributed by atoms with Crippen LogP contribution in [-0.4, -0.2) is 68.4 Å². The van der Waals surface area contributed by atoms with Crippen LogP contribution in [0.1, 0.15) is 6.42 Å². The molecule has 1 heterocycles. The van der Waals surface area contributed by atoms with Crippen molar-refractivity contribution in [3.05, 3.63) is 11.3 Å². The second kappa shape index (κ2) is 6.25. The van der Waals surface area contributed by atoms with E-state index in [0.29, 0.717) is 19.5 Å². The normalized spacial score (nSPS) is 19.0. The van der Waals surface area contributed by atoms with Gasteiger partial charge in [0, 0.05) is 33.7 Å². The molecule has 0 aromatic rings. The quantitative estimate of drug-likeness (QED) is 0.759. The van der Waals surface area contributed by atoms with Gasteiger partial charge >= 0.3 is 6.18 Å². The van der Waals surface area contributed by atoms with E-state index in [9.17, 15) is 18.0 Å². The van der Waals surface area contributed by atoms with Crippen molar-refractivity contribution >= 4 is 11.6 Å². The van der Waals surface area contributed by atoms with Gasteiger partial charge < -0.3 is 15.5 Å². The molecule has 2 N–H and O–H groups in total. The number of halogens is 3. The van der Waals surface area contributed by atoms with Gasteiger partial charge in [-0.3, -0.25) is 9.79 Å². The van der Waals surface area contributed by atoms with E-state index in [1.165, 1.54) is 14.1 Å². The predicted octanol–water partition coefficient (Wildman–Crippen LogP) is 0.626. The zero-order valence-electron chi connectivity index (χ0n) is 11.8. The van der Waals surface area contributed by atoms with Crippen LogP contribution in [0.3, 0.4) is 0 Å². The van der Waals surface area contributed by atoms with Gasteiger partial charge in [0.25, 0.3) is 5.91 Å². The zero-order chi connectivity index (χ0) is 15.5. The van der Waals surface area contributed by atoms with Gasteiger partial charge in [0.05, 0.1) is 5.71 Å². The highest BCUT2D eigenvalue weighted by Crippen LogP contribution is 2.29. The van der Waals surface area contributed by atoms with E-state index in [1.807, 2.05) is 0 Å². The fourth-order valence-corrected chi connectivity index (χ4v) is 1.92. The largest absolute Gasteiger partial charge is 0.420 e. The maximum atomic E-state index is 13.2. The molecule has 0 saturated heterocycles. The Bertz CT molecular complexity index is 440. The first kappa shape index (κ1) is 16.5. The van der Waals surface area contributed by atoms with Gasteiger partial charge in [-0.25, -0.2) is 0 Å². The number of amides is 1. The van der Waals surface area contributed by atoms with Gasteiger partial charge in [0.1, 0.15) is 11.3 Å². The summed E-state index contributed by atoms with van der Waals surface area (Å²) in [5, 5.41) is 0. The summed E-state index contributed by atoms with van der Waals surface area (Å²) in [7, 11) is 4.41. The van der Waals surface area contributed by atoms with Crippen LogP contribution in [0.25, 0.3) is 0 Å². The number of nitrogens with zero attached hydrogens (tertiary/aromatic N) is 3. The van der Waals surface area contributed by atoms with Gasteiger partial charge in [-0.15, -0.1) is 0 Å². The molecule has 0 aliphatic carbocycles. The number of hydrogen-bond donors (Lipinski definition) is 1. The van der Waals surface area contributed by atoms with E-state index in [1.54, 1.807) is 11.9 Å². The lowest BCUT2D eigenvalue weighted by molar-refractivity contribution is -0.126. The molecule has 1 aliphatic heterocycles. The number of carbonyl (C=O) groups excluding carboxylic acids is 1. The first-order chi connectivity index (χ1) is 9.14. The third-order valence-electron chi connectivity index (χ3n) is 2.90. The van der Waals surface area contributed by atoms with Crippen LogP contribution in [0.5, 0.6) is 0 Å². The van der Waals surface area contributed by atoms with E-state index < -0.39 is 23.4 Å². The highest BCUT2D eigenvalue weighted by molar-refractivity contribution is 6.09. The minimum absolute atomic E-state index is 0.0241. The molecule has 0 bridgehead atoms. The average molecular weight is 292 g/mol. The summed E-state index contributed by atoms with van der Waals surface area (Å²) in [6, 6.07) is 0. The molecular weight excluding hydrogens is 273 g/mol. The van der Waals surface area contributed by atoms with E-state index in [0.717, 1.165) is 4.90 Å². The maximum Gasteiger partial charge on any atom is 0.420 e. The van der Waals surface area contributed by atoms with Crippen LogP contribution in [0.2, 0.25) is 0 Å². The smallest absolute Gasteiger partial charge is 0.394 e. The second-order valence-corrected chi connectivity index (χ2v) is 4.91. The van der Waals surface area contributed by atoms with Crippen molar-refractivity contribution in [3.8, 4) is 0 Å². The van der Waals surface area contributed by atoms with Crippen LogP contribution >= 0.6 is 0 Å². The highest BCUT2D eigenvalue weighted by Gasteiger charge is 2.41. The number of carbonyl (C=O) groups is 1. The second-order valence-electron chi connectivity index (χ2n) is 4.91. The first-order valence-electron chi connectivity index (χ1n) is 6.15. The fraction of sp³-hybridized carbons (Fsp3) is 0.667. The molecule has 8 heteroatoms. The van der Waals surface area contributed by atoms with Gasteiger partial charge in [0.15, 0.2) is 0 Å². The Morgan fingerprint density at radius 1 is 1.40 bits per heavy atom. The van der Waals surface area contributed by atoms with E-state index in [-0.39, 0.29) is 12.3 Å². The molecule has 5 nitrogen and oxygen atoms in total. The zero-order valence-corrected chi connectivity index (χ0v) is 11.8. The van der Waals surface area contributed by atoms with Crippen LogP contribution in [0, 0.1) is 0 Å². The Labute approximate surface area is 115 Å². The van der Waals surface area contributed by atoms with Crippen molar-refractivity contribution in [2.75, 3.05) is 40.8 Å². The lowest BCUT2D eigenvalue weighted by Gasteiger charge is -2.21. The van der Waals surface area contributed by atoms with Crippen molar-refractivity contribution in [3.63, 3.8) is 0 Å². The summed E-state index contributed by atoms with van der Waals surface area (Å²) >= 11 is 0. The lowest BCUT2D eigenvalue weighted by Crippen LogP contribution is -2.37. The monoisotopic (exact) mass is 292 g/mol. The minimum Gasteiger partial charge on any atom is -0.394 e. The Morgan fingerprint density at radius 3 is 2.50 bits per heavy atom. The van der Waals surface area contributed by atoms with Gasteiger partial charge in [-0.05, 0) is 13.5 Å². The topological polar surface area (TPSA) is 61.9 Å². The number of aliphatic imine (C=N–C) groups is 1. The Hall–Kier alpha value is -1.57. The summed E-state index contributed by atoms with van der Waals surface area (Å²) < 4.78 is 39.7. The van der Waals surface area contributed by atoms with Crippen LogP contribution in [-0.2, 0) is 4.79 Å². The number of rotatable bonds is 2. The van der Waals surface area contributed by atoms with Gasteiger partial charge in [-0.2, -0.15) is 13.2 Å². The number of likely N-dealkylation sites (N-methyl/N-ethyl adjacent to an activating group) is 1. The van der Waals surface area contributed by atoms with Crippen molar-refractivity contribution in [2.24, 2.45) is 10.7 Å². The fourth-order valence-electron chi connectivity index (χ4n) is 1.92. The Kier molecular flexibility index (Phi) is 5.15. The third kappa shape index (κ3) is 3.96. The van der Waals surface area contributed by atoms with E-state index in [2.05, 4.69) is 4.99 Å². The summed E-state index contributed by atoms with van der Waals surface area (Å²) in [5.41, 5.74) is 3.34. The molecule has 0 fully saturated rings. The summed E-state index contributed by atoms with van der Waals surface area (Å²) in [5.74, 6) is -0.869. The SMILES string of the molecule is CN1CCCN=C(/C(=C(\N)C(=O)N(C)C)C(F)(F)F)C1. The number of alkyl halides is 3. The molecule has 114 valence electrons. The molecule has 0 aromatic heterocycles. The number of nitrogens with two attached hydrogens (primary N) is 1. The first-order valence-corrected chi connectivity index (χ1v) is 6.15. The minimum atomic E-state index is -4.71. The maximum absolute atomic E-state index is 13.2. The number of hydrogen-bond acceptors (Lipinski definition) is 4. The van der Waals surface area contributed by atoms with Crippen LogP contribution in [0.15, 0.2) is 16.3 Å². The van der Waals surface area contributed by atoms with Crippen molar-refractivity contribution in [1.82, 2.24) is 9.80 Å². The molecule has 1 aliphatic rings. The van der Waals surface area contributed by atoms with Crippen LogP contribution in [0.4, 0.5) is 13.2 Å². The molecule has 0 radical (unpaired) electrons. The van der Waals surface area contributed by atoms with Gasteiger partial charge in [-0.1, -0.05) is 0 Å². The van der Waals surface area contributed by atoms with Gasteiger partial charge in [0.2, 0.25) is 0 Å². The standard InChI is InChI=1S/C12H19F3N4O/c1-18(2)11(20)10(16)9(12(13,14)15)8-7-19(3)6-4-5-17-8/h4-7,16H2,1-3H3/b10-9+. The Morgan fingerprint density at radius 2 is 2.00 bits per heavy atom. The van der Waals surface area contributed by atoms with E-state index in [4.69, 9.17) is 5.73 Å². The summed E-state index contributed by atoms with van der Waals surface area (Å²) in [4.78, 5) is 18.4.